The maximum absolute atomic E-state index is 12.9. The second-order valence-corrected chi connectivity index (χ2v) is 8.09. The topological polar surface area (TPSA) is 132 Å². The first-order valence-corrected chi connectivity index (χ1v) is 11.2. The van der Waals surface area contributed by atoms with E-state index in [9.17, 15) is 9.59 Å². The number of hydrogen-bond donors (Lipinski definition) is 3. The number of nitrogens with two attached hydrogens (primary N) is 1. The maximum Gasteiger partial charge on any atom is 0.321 e. The van der Waals surface area contributed by atoms with E-state index in [1.54, 1.807) is 42.3 Å². The zero-order valence-corrected chi connectivity index (χ0v) is 19.7. The van der Waals surface area contributed by atoms with E-state index in [0.717, 1.165) is 12.8 Å². The van der Waals surface area contributed by atoms with Crippen molar-refractivity contribution in [3.63, 3.8) is 0 Å². The molecule has 0 unspecified atom stereocenters. The molecule has 10 heteroatoms. The third-order valence-corrected chi connectivity index (χ3v) is 5.85. The summed E-state index contributed by atoms with van der Waals surface area (Å²) in [4.78, 5) is 35.9. The first-order chi connectivity index (χ1) is 17.0. The van der Waals surface area contributed by atoms with E-state index < -0.39 is 0 Å². The van der Waals surface area contributed by atoms with Gasteiger partial charge in [-0.05, 0) is 37.1 Å². The van der Waals surface area contributed by atoms with Gasteiger partial charge in [0.2, 0.25) is 11.7 Å². The lowest BCUT2D eigenvalue weighted by molar-refractivity contribution is 0.103. The van der Waals surface area contributed by atoms with Crippen molar-refractivity contribution < 1.29 is 19.1 Å². The highest BCUT2D eigenvalue weighted by Crippen LogP contribution is 2.24. The zero-order valence-electron chi connectivity index (χ0n) is 19.7. The SMILES string of the molecule is COc1cccc(NC(=O)N2CCC(Nc3ncc(C(=O)c4ccccc4OC)c(N)n3)CC2)c1. The molecule has 1 aliphatic heterocycles. The maximum atomic E-state index is 12.9. The van der Waals surface area contributed by atoms with Gasteiger partial charge < -0.3 is 30.7 Å². The molecule has 2 heterocycles. The van der Waals surface area contributed by atoms with Gasteiger partial charge >= 0.3 is 6.03 Å². The van der Waals surface area contributed by atoms with Crippen LogP contribution >= 0.6 is 0 Å². The Bertz CT molecular complexity index is 1210. The molecule has 1 fully saturated rings. The largest absolute Gasteiger partial charge is 0.497 e. The molecule has 10 nitrogen and oxygen atoms in total. The highest BCUT2D eigenvalue weighted by molar-refractivity contribution is 6.13. The van der Waals surface area contributed by atoms with Crippen LogP contribution in [0.2, 0.25) is 0 Å². The monoisotopic (exact) mass is 476 g/mol. The number of carbonyl (C=O) groups is 2. The summed E-state index contributed by atoms with van der Waals surface area (Å²) >= 11 is 0. The summed E-state index contributed by atoms with van der Waals surface area (Å²) in [6.45, 7) is 1.15. The highest BCUT2D eigenvalue weighted by Gasteiger charge is 2.24. The molecule has 0 atom stereocenters. The fourth-order valence-electron chi connectivity index (χ4n) is 3.93. The molecule has 0 bridgehead atoms. The minimum atomic E-state index is -0.304. The van der Waals surface area contributed by atoms with E-state index in [1.165, 1.54) is 13.3 Å². The van der Waals surface area contributed by atoms with Crippen LogP contribution in [0.15, 0.2) is 54.7 Å². The number of nitrogens with one attached hydrogen (secondary N) is 2. The van der Waals surface area contributed by atoms with E-state index >= 15 is 0 Å². The molecule has 1 saturated heterocycles. The second-order valence-electron chi connectivity index (χ2n) is 8.09. The number of piperidine rings is 1. The fraction of sp³-hybridized carbons (Fsp3) is 0.280. The average molecular weight is 477 g/mol. The van der Waals surface area contributed by atoms with E-state index in [2.05, 4.69) is 20.6 Å². The summed E-state index contributed by atoms with van der Waals surface area (Å²) in [7, 11) is 3.09. The number of carbonyl (C=O) groups excluding carboxylic acids is 2. The summed E-state index contributed by atoms with van der Waals surface area (Å²) in [6.07, 6.45) is 2.86. The summed E-state index contributed by atoms with van der Waals surface area (Å²) in [5, 5.41) is 6.16. The summed E-state index contributed by atoms with van der Waals surface area (Å²) < 4.78 is 10.5. The van der Waals surface area contributed by atoms with Gasteiger partial charge in [-0.3, -0.25) is 4.79 Å². The third-order valence-electron chi connectivity index (χ3n) is 5.85. The molecule has 0 spiro atoms. The van der Waals surface area contributed by atoms with Gasteiger partial charge in [0.05, 0.1) is 25.3 Å². The Morgan fingerprint density at radius 1 is 1.03 bits per heavy atom. The minimum absolute atomic E-state index is 0.0750. The van der Waals surface area contributed by atoms with E-state index in [4.69, 9.17) is 15.2 Å². The quantitative estimate of drug-likeness (QED) is 0.442. The third kappa shape index (κ3) is 5.60. The smallest absolute Gasteiger partial charge is 0.321 e. The predicted octanol–water partition coefficient (Wildman–Crippen LogP) is 3.42. The Labute approximate surface area is 203 Å². The standard InChI is InChI=1S/C25H28N6O4/c1-34-18-7-5-6-17(14-18)29-25(33)31-12-10-16(11-13-31)28-24-27-15-20(23(26)30-24)22(32)19-8-3-4-9-21(19)35-2/h3-9,14-16H,10-13H2,1-2H3,(H,29,33)(H3,26,27,28,30). The van der Waals surface area contributed by atoms with Crippen LogP contribution in [0.5, 0.6) is 11.5 Å². The number of ketones is 1. The number of hydrogen-bond acceptors (Lipinski definition) is 8. The molecule has 35 heavy (non-hydrogen) atoms. The van der Waals surface area contributed by atoms with Gasteiger partial charge in [0.15, 0.2) is 0 Å². The van der Waals surface area contributed by atoms with Crippen molar-refractivity contribution in [2.75, 3.05) is 43.7 Å². The molecule has 2 amide bonds. The Hall–Kier alpha value is -4.34. The molecule has 1 aliphatic rings. The molecule has 0 saturated carbocycles. The van der Waals surface area contributed by atoms with Crippen LogP contribution in [0.25, 0.3) is 0 Å². The molecular weight excluding hydrogens is 448 g/mol. The fourth-order valence-corrected chi connectivity index (χ4v) is 3.93. The lowest BCUT2D eigenvalue weighted by Crippen LogP contribution is -2.44. The second kappa shape index (κ2) is 10.7. The van der Waals surface area contributed by atoms with Crippen molar-refractivity contribution in [2.45, 2.75) is 18.9 Å². The van der Waals surface area contributed by atoms with Crippen LogP contribution in [-0.2, 0) is 0 Å². The lowest BCUT2D eigenvalue weighted by Gasteiger charge is -2.32. The molecule has 0 aliphatic carbocycles. The number of aromatic nitrogens is 2. The Morgan fingerprint density at radius 3 is 2.51 bits per heavy atom. The van der Waals surface area contributed by atoms with Crippen molar-refractivity contribution in [3.05, 3.63) is 65.9 Å². The van der Waals surface area contributed by atoms with Crippen LogP contribution in [0.3, 0.4) is 0 Å². The first kappa shape index (κ1) is 23.8. The Balaban J connectivity index is 1.33. The number of rotatable bonds is 7. The minimum Gasteiger partial charge on any atom is -0.497 e. The molecule has 0 radical (unpaired) electrons. The van der Waals surface area contributed by atoms with Crippen LogP contribution in [0.4, 0.5) is 22.2 Å². The van der Waals surface area contributed by atoms with E-state index in [0.29, 0.717) is 41.8 Å². The van der Waals surface area contributed by atoms with Crippen molar-refractivity contribution in [2.24, 2.45) is 0 Å². The van der Waals surface area contributed by atoms with Crippen molar-refractivity contribution in [3.8, 4) is 11.5 Å². The molecule has 4 rings (SSSR count). The van der Waals surface area contributed by atoms with Gasteiger partial charge in [0.25, 0.3) is 0 Å². The zero-order chi connectivity index (χ0) is 24.8. The van der Waals surface area contributed by atoms with Gasteiger partial charge in [0.1, 0.15) is 17.3 Å². The van der Waals surface area contributed by atoms with Gasteiger partial charge in [-0.1, -0.05) is 18.2 Å². The van der Waals surface area contributed by atoms with Crippen LogP contribution < -0.4 is 25.8 Å². The lowest BCUT2D eigenvalue weighted by atomic mass is 10.0. The van der Waals surface area contributed by atoms with Gasteiger partial charge in [0, 0.05) is 37.1 Å². The summed E-state index contributed by atoms with van der Waals surface area (Å²) in [5.41, 5.74) is 7.38. The number of nitrogen functional groups attached to an aromatic ring is 1. The van der Waals surface area contributed by atoms with Gasteiger partial charge in [-0.2, -0.15) is 4.98 Å². The summed E-state index contributed by atoms with van der Waals surface area (Å²) in [6, 6.07) is 14.1. The number of benzene rings is 2. The van der Waals surface area contributed by atoms with E-state index in [1.807, 2.05) is 18.2 Å². The molecule has 1 aromatic heterocycles. The highest BCUT2D eigenvalue weighted by atomic mass is 16.5. The number of urea groups is 1. The Morgan fingerprint density at radius 2 is 1.80 bits per heavy atom. The number of likely N-dealkylation sites (tertiary alicyclic amines) is 1. The number of ether oxygens (including phenoxy) is 2. The molecule has 3 aromatic rings. The van der Waals surface area contributed by atoms with Crippen molar-refractivity contribution in [1.29, 1.82) is 0 Å². The summed E-state index contributed by atoms with van der Waals surface area (Å²) in [5.74, 6) is 1.27. The van der Waals surface area contributed by atoms with Crippen LogP contribution in [-0.4, -0.2) is 60.0 Å². The van der Waals surface area contributed by atoms with Crippen LogP contribution in [0, 0.1) is 0 Å². The Kier molecular flexibility index (Phi) is 7.30. The van der Waals surface area contributed by atoms with E-state index in [-0.39, 0.29) is 29.2 Å². The number of para-hydroxylation sites is 1. The normalized spacial score (nSPS) is 13.7. The molecule has 182 valence electrons. The number of anilines is 3. The molecular formula is C25H28N6O4. The van der Waals surface area contributed by atoms with Crippen LogP contribution in [0.1, 0.15) is 28.8 Å². The number of nitrogens with zero attached hydrogens (tertiary/aromatic N) is 3. The van der Waals surface area contributed by atoms with Crippen molar-refractivity contribution >= 4 is 29.3 Å². The predicted molar refractivity (Wildman–Crippen MR) is 133 cm³/mol. The average Bonchev–Trinajstić information content (AvgIpc) is 2.89. The van der Waals surface area contributed by atoms with Gasteiger partial charge in [-0.15, -0.1) is 0 Å². The first-order valence-electron chi connectivity index (χ1n) is 11.2. The molecule has 4 N–H and O–H groups in total. The number of amides is 2. The van der Waals surface area contributed by atoms with Gasteiger partial charge in [-0.25, -0.2) is 9.78 Å². The molecule has 2 aromatic carbocycles. The van der Waals surface area contributed by atoms with Crippen molar-refractivity contribution in [1.82, 2.24) is 14.9 Å². The number of methoxy groups -OCH3 is 2.